The van der Waals surface area contributed by atoms with Crippen molar-refractivity contribution in [2.75, 3.05) is 6.54 Å². The van der Waals surface area contributed by atoms with Crippen molar-refractivity contribution in [3.05, 3.63) is 11.5 Å². The van der Waals surface area contributed by atoms with E-state index in [0.29, 0.717) is 6.04 Å². The monoisotopic (exact) mass is 265 g/mol. The molecule has 2 rings (SSSR count). The van der Waals surface area contributed by atoms with Crippen LogP contribution in [0.5, 0.6) is 0 Å². The van der Waals surface area contributed by atoms with Gasteiger partial charge in [0.15, 0.2) is 0 Å². The van der Waals surface area contributed by atoms with Crippen LogP contribution in [0.1, 0.15) is 54.9 Å². The van der Waals surface area contributed by atoms with Gasteiger partial charge in [-0.2, -0.15) is 0 Å². The van der Waals surface area contributed by atoms with Gasteiger partial charge in [-0.25, -0.2) is 0 Å². The Labute approximate surface area is 118 Å². The fourth-order valence-corrected chi connectivity index (χ4v) is 2.48. The van der Waals surface area contributed by atoms with E-state index in [-0.39, 0.29) is 23.7 Å². The Bertz CT molecular complexity index is 366. The maximum absolute atomic E-state index is 6.15. The second-order valence-corrected chi connectivity index (χ2v) is 7.88. The van der Waals surface area contributed by atoms with Crippen LogP contribution in [0.3, 0.4) is 0 Å². The van der Waals surface area contributed by atoms with E-state index in [1.165, 1.54) is 5.47 Å². The summed E-state index contributed by atoms with van der Waals surface area (Å²) in [5.41, 5.74) is 1.01. The van der Waals surface area contributed by atoms with E-state index in [0.717, 1.165) is 13.0 Å². The zero-order valence-corrected chi connectivity index (χ0v) is 13.5. The molecule has 1 saturated heterocycles. The van der Waals surface area contributed by atoms with Gasteiger partial charge in [-0.15, -0.1) is 0 Å². The van der Waals surface area contributed by atoms with Gasteiger partial charge in [-0.3, -0.25) is 0 Å². The molecule has 0 aliphatic carbocycles. The van der Waals surface area contributed by atoms with E-state index >= 15 is 0 Å². The summed E-state index contributed by atoms with van der Waals surface area (Å²) >= 11 is 0. The first-order valence-corrected chi connectivity index (χ1v) is 7.32. The van der Waals surface area contributed by atoms with Crippen LogP contribution in [0.2, 0.25) is 0 Å². The molecule has 0 bridgehead atoms. The lowest BCUT2D eigenvalue weighted by Gasteiger charge is -2.33. The zero-order valence-electron chi connectivity index (χ0n) is 13.5. The van der Waals surface area contributed by atoms with Crippen molar-refractivity contribution in [1.29, 1.82) is 0 Å². The average Bonchev–Trinajstić information content (AvgIpc) is 2.47. The minimum absolute atomic E-state index is 0.183. The van der Waals surface area contributed by atoms with Crippen molar-refractivity contribution < 1.29 is 9.31 Å². The lowest BCUT2D eigenvalue weighted by molar-refractivity contribution is 0.00578. The Morgan fingerprint density at radius 3 is 2.16 bits per heavy atom. The summed E-state index contributed by atoms with van der Waals surface area (Å²) in [5, 5.41) is 3.57. The van der Waals surface area contributed by atoms with Gasteiger partial charge in [-0.1, -0.05) is 26.8 Å². The Balaban J connectivity index is 2.18. The summed E-state index contributed by atoms with van der Waals surface area (Å²) in [7, 11) is -0.183. The molecule has 1 fully saturated rings. The molecule has 1 atom stereocenters. The zero-order chi connectivity index (χ0) is 14.5. The highest BCUT2D eigenvalue weighted by Crippen LogP contribution is 2.39. The van der Waals surface area contributed by atoms with Crippen molar-refractivity contribution in [2.45, 2.75) is 72.1 Å². The summed E-state index contributed by atoms with van der Waals surface area (Å²) in [5.74, 6) is 0. The molecule has 1 unspecified atom stereocenters. The number of rotatable bonds is 1. The van der Waals surface area contributed by atoms with Gasteiger partial charge >= 0.3 is 7.12 Å². The van der Waals surface area contributed by atoms with Gasteiger partial charge in [0.1, 0.15) is 0 Å². The van der Waals surface area contributed by atoms with Crippen LogP contribution in [-0.2, 0) is 9.31 Å². The number of hydrogen-bond donors (Lipinski definition) is 1. The van der Waals surface area contributed by atoms with Gasteiger partial charge in [-0.05, 0) is 51.5 Å². The van der Waals surface area contributed by atoms with E-state index in [2.05, 4.69) is 59.9 Å². The molecule has 0 aromatic carbocycles. The van der Waals surface area contributed by atoms with Crippen molar-refractivity contribution >= 4 is 7.12 Å². The van der Waals surface area contributed by atoms with E-state index in [4.69, 9.17) is 9.31 Å². The molecule has 0 aromatic rings. The van der Waals surface area contributed by atoms with Crippen LogP contribution in [0.4, 0.5) is 0 Å². The molecule has 0 saturated carbocycles. The molecule has 0 radical (unpaired) electrons. The highest BCUT2D eigenvalue weighted by atomic mass is 16.7. The molecule has 2 heterocycles. The standard InChI is InChI=1S/C15H28BNO2/c1-13(2,3)12-10-11(8-9-17-12)16-18-14(4,5)15(6,7)19-16/h10,12,17H,8-9H2,1-7H3. The third-order valence-electron chi connectivity index (χ3n) is 4.65. The number of hydrogen-bond acceptors (Lipinski definition) is 3. The molecule has 2 aliphatic rings. The van der Waals surface area contributed by atoms with Crippen LogP contribution >= 0.6 is 0 Å². The maximum Gasteiger partial charge on any atom is 0.490 e. The van der Waals surface area contributed by atoms with Gasteiger partial charge < -0.3 is 14.6 Å². The van der Waals surface area contributed by atoms with Crippen molar-refractivity contribution in [1.82, 2.24) is 5.32 Å². The highest BCUT2D eigenvalue weighted by Gasteiger charge is 2.52. The first-order chi connectivity index (χ1) is 8.53. The van der Waals surface area contributed by atoms with Gasteiger partial charge in [0.05, 0.1) is 11.2 Å². The molecular weight excluding hydrogens is 237 g/mol. The third kappa shape index (κ3) is 2.91. The van der Waals surface area contributed by atoms with Crippen LogP contribution in [-0.4, -0.2) is 30.9 Å². The Morgan fingerprint density at radius 1 is 1.16 bits per heavy atom. The van der Waals surface area contributed by atoms with Gasteiger partial charge in [0.2, 0.25) is 0 Å². The van der Waals surface area contributed by atoms with Crippen molar-refractivity contribution in [3.63, 3.8) is 0 Å². The van der Waals surface area contributed by atoms with E-state index in [1.54, 1.807) is 0 Å². The molecule has 0 amide bonds. The summed E-state index contributed by atoms with van der Waals surface area (Å²) in [4.78, 5) is 0. The lowest BCUT2D eigenvalue weighted by atomic mass is 9.71. The fourth-order valence-electron chi connectivity index (χ4n) is 2.48. The first-order valence-electron chi connectivity index (χ1n) is 7.32. The lowest BCUT2D eigenvalue weighted by Crippen LogP contribution is -2.44. The SMILES string of the molecule is CC(C)(C)C1C=C(B2OC(C)(C)C(C)(C)O2)CCN1. The molecule has 3 nitrogen and oxygen atoms in total. The second kappa shape index (κ2) is 4.61. The van der Waals surface area contributed by atoms with Crippen LogP contribution < -0.4 is 5.32 Å². The van der Waals surface area contributed by atoms with Crippen LogP contribution in [0.25, 0.3) is 0 Å². The van der Waals surface area contributed by atoms with Crippen LogP contribution in [0, 0.1) is 5.41 Å². The fraction of sp³-hybridized carbons (Fsp3) is 0.867. The Morgan fingerprint density at radius 2 is 1.68 bits per heavy atom. The molecule has 108 valence electrons. The van der Waals surface area contributed by atoms with E-state index < -0.39 is 0 Å². The molecular formula is C15H28BNO2. The Kier molecular flexibility index (Phi) is 3.66. The summed E-state index contributed by atoms with van der Waals surface area (Å²) in [6.07, 6.45) is 3.31. The largest absolute Gasteiger partial charge is 0.490 e. The summed E-state index contributed by atoms with van der Waals surface area (Å²) in [6.45, 7) is 16.2. The predicted octanol–water partition coefficient (Wildman–Crippen LogP) is 2.95. The Hall–Kier alpha value is -0.315. The highest BCUT2D eigenvalue weighted by molar-refractivity contribution is 6.54. The molecule has 1 N–H and O–H groups in total. The smallest absolute Gasteiger partial charge is 0.400 e. The molecule has 0 aromatic heterocycles. The van der Waals surface area contributed by atoms with E-state index in [1.807, 2.05) is 0 Å². The number of nitrogens with one attached hydrogen (secondary N) is 1. The average molecular weight is 265 g/mol. The van der Waals surface area contributed by atoms with Gasteiger partial charge in [0.25, 0.3) is 0 Å². The molecule has 2 aliphatic heterocycles. The summed E-state index contributed by atoms with van der Waals surface area (Å²) < 4.78 is 12.3. The van der Waals surface area contributed by atoms with Crippen molar-refractivity contribution in [3.8, 4) is 0 Å². The topological polar surface area (TPSA) is 30.5 Å². The first kappa shape index (κ1) is 15.1. The predicted molar refractivity (Wildman–Crippen MR) is 80.0 cm³/mol. The van der Waals surface area contributed by atoms with E-state index in [9.17, 15) is 0 Å². The van der Waals surface area contributed by atoms with Crippen LogP contribution in [0.15, 0.2) is 11.5 Å². The van der Waals surface area contributed by atoms with Gasteiger partial charge in [0, 0.05) is 6.04 Å². The second-order valence-electron chi connectivity index (χ2n) is 7.88. The third-order valence-corrected chi connectivity index (χ3v) is 4.65. The molecule has 4 heteroatoms. The summed E-state index contributed by atoms with van der Waals surface area (Å²) in [6, 6.07) is 0.385. The molecule has 0 spiro atoms. The maximum atomic E-state index is 6.15. The minimum atomic E-state index is -0.249. The van der Waals surface area contributed by atoms with Crippen molar-refractivity contribution in [2.24, 2.45) is 5.41 Å². The normalized spacial score (nSPS) is 30.4. The molecule has 19 heavy (non-hydrogen) atoms. The quantitative estimate of drug-likeness (QED) is 0.739. The minimum Gasteiger partial charge on any atom is -0.400 e.